The van der Waals surface area contributed by atoms with Crippen molar-refractivity contribution in [2.24, 2.45) is 10.2 Å². The summed E-state index contributed by atoms with van der Waals surface area (Å²) in [6.07, 6.45) is 0. The second-order valence-electron chi connectivity index (χ2n) is 1.53. The largest absolute Gasteiger partial charge is 0.369 e. The van der Waals surface area contributed by atoms with Gasteiger partial charge in [0.1, 0.15) is 5.82 Å². The molecule has 0 bridgehead atoms. The van der Waals surface area contributed by atoms with E-state index in [1.54, 1.807) is 0 Å². The zero-order valence-electron chi connectivity index (χ0n) is 6.02. The number of nitrogens with one attached hydrogen (secondary N) is 1. The molecule has 1 N–H and O–H groups in total. The summed E-state index contributed by atoms with van der Waals surface area (Å²) in [5.74, 6) is 0.638. The van der Waals surface area contributed by atoms with Crippen molar-refractivity contribution in [1.29, 1.82) is 0 Å². The van der Waals surface area contributed by atoms with Gasteiger partial charge in [-0.1, -0.05) is 6.58 Å². The van der Waals surface area contributed by atoms with E-state index in [2.05, 4.69) is 22.1 Å². The number of azo groups is 1. The standard InChI is InChI=1S/C6H13N3/c1-4-7-6(3)9-8-5-2/h7H,3-5H2,1-2H3. The lowest BCUT2D eigenvalue weighted by Gasteiger charge is -1.96. The van der Waals surface area contributed by atoms with Gasteiger partial charge >= 0.3 is 0 Å². The van der Waals surface area contributed by atoms with E-state index in [1.165, 1.54) is 0 Å². The Kier molecular flexibility index (Phi) is 4.78. The summed E-state index contributed by atoms with van der Waals surface area (Å²) in [4.78, 5) is 0. The predicted octanol–water partition coefficient (Wildman–Crippen LogP) is 1.54. The van der Waals surface area contributed by atoms with Crippen molar-refractivity contribution in [2.75, 3.05) is 13.1 Å². The molecule has 0 heterocycles. The zero-order chi connectivity index (χ0) is 7.11. The van der Waals surface area contributed by atoms with Gasteiger partial charge < -0.3 is 5.32 Å². The van der Waals surface area contributed by atoms with E-state index < -0.39 is 0 Å². The molecule has 0 aliphatic carbocycles. The summed E-state index contributed by atoms with van der Waals surface area (Å²) in [7, 11) is 0. The molecule has 0 aliphatic heterocycles. The molecule has 0 aromatic rings. The molecule has 0 fully saturated rings. The van der Waals surface area contributed by atoms with E-state index in [0.717, 1.165) is 6.54 Å². The van der Waals surface area contributed by atoms with Crippen LogP contribution in [0.3, 0.4) is 0 Å². The average Bonchev–Trinajstić information content (AvgIpc) is 1.85. The maximum atomic E-state index is 3.75. The molecular weight excluding hydrogens is 114 g/mol. The van der Waals surface area contributed by atoms with E-state index in [9.17, 15) is 0 Å². The van der Waals surface area contributed by atoms with Gasteiger partial charge in [-0.3, -0.25) is 0 Å². The van der Waals surface area contributed by atoms with Crippen molar-refractivity contribution in [3.05, 3.63) is 12.4 Å². The molecule has 0 unspecified atom stereocenters. The van der Waals surface area contributed by atoms with Gasteiger partial charge in [0.05, 0.1) is 6.54 Å². The topological polar surface area (TPSA) is 36.8 Å². The van der Waals surface area contributed by atoms with Crippen molar-refractivity contribution >= 4 is 0 Å². The summed E-state index contributed by atoms with van der Waals surface area (Å²) in [6, 6.07) is 0. The molecule has 3 heteroatoms. The van der Waals surface area contributed by atoms with Crippen LogP contribution in [0.2, 0.25) is 0 Å². The minimum atomic E-state index is 0.638. The van der Waals surface area contributed by atoms with Crippen molar-refractivity contribution in [1.82, 2.24) is 5.32 Å². The minimum absolute atomic E-state index is 0.638. The number of hydrogen-bond donors (Lipinski definition) is 1. The van der Waals surface area contributed by atoms with Gasteiger partial charge in [-0.2, -0.15) is 5.11 Å². The maximum Gasteiger partial charge on any atom is 0.140 e. The average molecular weight is 127 g/mol. The van der Waals surface area contributed by atoms with Crippen LogP contribution >= 0.6 is 0 Å². The first-order valence-corrected chi connectivity index (χ1v) is 3.11. The van der Waals surface area contributed by atoms with Crippen LogP contribution in [0.4, 0.5) is 0 Å². The Morgan fingerprint density at radius 2 is 2.22 bits per heavy atom. The molecule has 0 rings (SSSR count). The van der Waals surface area contributed by atoms with Crippen LogP contribution < -0.4 is 5.32 Å². The summed E-state index contributed by atoms with van der Waals surface area (Å²) in [6.45, 7) is 9.10. The van der Waals surface area contributed by atoms with Crippen LogP contribution in [-0.2, 0) is 0 Å². The molecule has 0 aliphatic rings. The van der Waals surface area contributed by atoms with Crippen molar-refractivity contribution in [3.8, 4) is 0 Å². The van der Waals surface area contributed by atoms with Gasteiger partial charge in [-0.25, -0.2) is 0 Å². The summed E-state index contributed by atoms with van der Waals surface area (Å²) < 4.78 is 0. The Morgan fingerprint density at radius 3 is 2.67 bits per heavy atom. The highest BCUT2D eigenvalue weighted by atomic mass is 15.2. The molecule has 3 nitrogen and oxygen atoms in total. The summed E-state index contributed by atoms with van der Waals surface area (Å²) >= 11 is 0. The lowest BCUT2D eigenvalue weighted by molar-refractivity contribution is 0.806. The molecule has 0 spiro atoms. The summed E-state index contributed by atoms with van der Waals surface area (Å²) in [5.41, 5.74) is 0. The normalized spacial score (nSPS) is 10.0. The zero-order valence-corrected chi connectivity index (χ0v) is 6.02. The molecule has 9 heavy (non-hydrogen) atoms. The highest BCUT2D eigenvalue weighted by Gasteiger charge is 1.81. The van der Waals surface area contributed by atoms with Gasteiger partial charge in [-0.15, -0.1) is 5.11 Å². The number of hydrogen-bond acceptors (Lipinski definition) is 3. The first-order valence-electron chi connectivity index (χ1n) is 3.11. The first kappa shape index (κ1) is 8.14. The van der Waals surface area contributed by atoms with E-state index >= 15 is 0 Å². The van der Waals surface area contributed by atoms with Crippen LogP contribution in [0.1, 0.15) is 13.8 Å². The quantitative estimate of drug-likeness (QED) is 0.571. The van der Waals surface area contributed by atoms with E-state index in [1.807, 2.05) is 13.8 Å². The number of rotatable bonds is 4. The van der Waals surface area contributed by atoms with Crippen molar-refractivity contribution in [2.45, 2.75) is 13.8 Å². The Morgan fingerprint density at radius 1 is 1.56 bits per heavy atom. The second-order valence-corrected chi connectivity index (χ2v) is 1.53. The van der Waals surface area contributed by atoms with Gasteiger partial charge in [0.2, 0.25) is 0 Å². The molecule has 0 aromatic carbocycles. The Bertz CT molecular complexity index is 107. The lowest BCUT2D eigenvalue weighted by Crippen LogP contribution is -2.08. The minimum Gasteiger partial charge on any atom is -0.369 e. The molecule has 0 radical (unpaired) electrons. The molecular formula is C6H13N3. The van der Waals surface area contributed by atoms with Crippen LogP contribution in [0.15, 0.2) is 22.6 Å². The van der Waals surface area contributed by atoms with E-state index in [-0.39, 0.29) is 0 Å². The highest BCUT2D eigenvalue weighted by molar-refractivity contribution is 4.84. The van der Waals surface area contributed by atoms with Crippen LogP contribution in [0.25, 0.3) is 0 Å². The first-order chi connectivity index (χ1) is 4.31. The van der Waals surface area contributed by atoms with Crippen LogP contribution in [-0.4, -0.2) is 13.1 Å². The van der Waals surface area contributed by atoms with Crippen LogP contribution in [0, 0.1) is 0 Å². The van der Waals surface area contributed by atoms with Crippen LogP contribution in [0.5, 0.6) is 0 Å². The Labute approximate surface area is 55.9 Å². The maximum absolute atomic E-state index is 3.75. The van der Waals surface area contributed by atoms with Gasteiger partial charge in [0, 0.05) is 6.54 Å². The molecule has 52 valence electrons. The fraction of sp³-hybridized carbons (Fsp3) is 0.667. The molecule has 0 amide bonds. The fourth-order valence-corrected chi connectivity index (χ4v) is 0.395. The third kappa shape index (κ3) is 5.00. The SMILES string of the molecule is C=C(N=NCC)NCC. The third-order valence-electron chi connectivity index (χ3n) is 0.714. The molecule has 0 saturated carbocycles. The van der Waals surface area contributed by atoms with E-state index in [0.29, 0.717) is 12.4 Å². The van der Waals surface area contributed by atoms with Crippen molar-refractivity contribution in [3.63, 3.8) is 0 Å². The van der Waals surface area contributed by atoms with Gasteiger partial charge in [-0.05, 0) is 13.8 Å². The smallest absolute Gasteiger partial charge is 0.140 e. The molecule has 0 saturated heterocycles. The van der Waals surface area contributed by atoms with Crippen molar-refractivity contribution < 1.29 is 0 Å². The predicted molar refractivity (Wildman–Crippen MR) is 38.2 cm³/mol. The monoisotopic (exact) mass is 127 g/mol. The Balaban J connectivity index is 3.37. The highest BCUT2D eigenvalue weighted by Crippen LogP contribution is 1.85. The lowest BCUT2D eigenvalue weighted by atomic mass is 10.7. The fourth-order valence-electron chi connectivity index (χ4n) is 0.395. The van der Waals surface area contributed by atoms with Gasteiger partial charge in [0.15, 0.2) is 0 Å². The van der Waals surface area contributed by atoms with E-state index in [4.69, 9.17) is 0 Å². The molecule has 0 aromatic heterocycles. The second kappa shape index (κ2) is 5.28. The number of nitrogens with zero attached hydrogens (tertiary/aromatic N) is 2. The van der Waals surface area contributed by atoms with Gasteiger partial charge in [0.25, 0.3) is 0 Å². The summed E-state index contributed by atoms with van der Waals surface area (Å²) in [5, 5.41) is 10.4. The Hall–Kier alpha value is -0.860. The molecule has 0 atom stereocenters. The third-order valence-corrected chi connectivity index (χ3v) is 0.714.